The standard InChI is InChI=1S/C22H20N2O5S/c1-14-6-8-15(9-7-14)21-24-17(13-30-21)22(26)28-12-20(25)23-10-16-11-27-18-4-2-3-5-19(18)29-16/h2-9,13,16H,10-12H2,1H3,(H,23,25). The van der Waals surface area contributed by atoms with E-state index in [-0.39, 0.29) is 24.9 Å². The van der Waals surface area contributed by atoms with Crippen LogP contribution < -0.4 is 14.8 Å². The van der Waals surface area contributed by atoms with Crippen LogP contribution >= 0.6 is 11.3 Å². The minimum Gasteiger partial charge on any atom is -0.486 e. The second-order valence-corrected chi connectivity index (χ2v) is 7.64. The number of thiazole rings is 1. The van der Waals surface area contributed by atoms with Gasteiger partial charge in [-0.1, -0.05) is 42.0 Å². The van der Waals surface area contributed by atoms with Gasteiger partial charge in [0.2, 0.25) is 0 Å². The minimum atomic E-state index is -0.633. The Kier molecular flexibility index (Phi) is 5.94. The van der Waals surface area contributed by atoms with Crippen molar-refractivity contribution in [1.29, 1.82) is 0 Å². The Balaban J connectivity index is 1.23. The summed E-state index contributed by atoms with van der Waals surface area (Å²) in [5, 5.41) is 5.04. The highest BCUT2D eigenvalue weighted by molar-refractivity contribution is 7.13. The number of rotatable bonds is 6. The van der Waals surface area contributed by atoms with Crippen LogP contribution in [0.25, 0.3) is 10.6 Å². The number of fused-ring (bicyclic) bond motifs is 1. The fourth-order valence-electron chi connectivity index (χ4n) is 2.84. The number of carbonyl (C=O) groups excluding carboxylic acids is 2. The summed E-state index contributed by atoms with van der Waals surface area (Å²) >= 11 is 1.35. The molecule has 2 aromatic carbocycles. The average Bonchev–Trinajstić information content (AvgIpc) is 3.27. The molecule has 0 radical (unpaired) electrons. The second-order valence-electron chi connectivity index (χ2n) is 6.78. The number of nitrogens with zero attached hydrogens (tertiary/aromatic N) is 1. The van der Waals surface area contributed by atoms with Crippen LogP contribution in [-0.2, 0) is 9.53 Å². The molecule has 1 aromatic heterocycles. The fourth-order valence-corrected chi connectivity index (χ4v) is 3.64. The number of ether oxygens (including phenoxy) is 3. The van der Waals surface area contributed by atoms with Crippen LogP contribution in [0.3, 0.4) is 0 Å². The van der Waals surface area contributed by atoms with Crippen molar-refractivity contribution in [2.45, 2.75) is 13.0 Å². The lowest BCUT2D eigenvalue weighted by Crippen LogP contribution is -2.42. The lowest BCUT2D eigenvalue weighted by atomic mass is 10.2. The predicted molar refractivity (Wildman–Crippen MR) is 112 cm³/mol. The Hall–Kier alpha value is -3.39. The number of esters is 1. The zero-order valence-electron chi connectivity index (χ0n) is 16.3. The predicted octanol–water partition coefficient (Wildman–Crippen LogP) is 3.23. The van der Waals surface area contributed by atoms with E-state index in [4.69, 9.17) is 14.2 Å². The number of amides is 1. The van der Waals surface area contributed by atoms with E-state index in [1.165, 1.54) is 11.3 Å². The third-order valence-corrected chi connectivity index (χ3v) is 5.33. The van der Waals surface area contributed by atoms with E-state index >= 15 is 0 Å². The Morgan fingerprint density at radius 3 is 2.73 bits per heavy atom. The van der Waals surface area contributed by atoms with E-state index in [1.807, 2.05) is 55.5 Å². The number of hydrogen-bond acceptors (Lipinski definition) is 7. The Morgan fingerprint density at radius 1 is 1.17 bits per heavy atom. The quantitative estimate of drug-likeness (QED) is 0.612. The fraction of sp³-hybridized carbons (Fsp3) is 0.227. The molecule has 1 aliphatic heterocycles. The lowest BCUT2D eigenvalue weighted by molar-refractivity contribution is -0.124. The van der Waals surface area contributed by atoms with Crippen molar-refractivity contribution in [2.75, 3.05) is 19.8 Å². The molecule has 0 fully saturated rings. The molecule has 1 atom stereocenters. The van der Waals surface area contributed by atoms with Crippen LogP contribution in [0, 0.1) is 6.92 Å². The number of aromatic nitrogens is 1. The highest BCUT2D eigenvalue weighted by atomic mass is 32.1. The second kappa shape index (κ2) is 8.96. The summed E-state index contributed by atoms with van der Waals surface area (Å²) in [6.07, 6.45) is -0.310. The smallest absolute Gasteiger partial charge is 0.358 e. The summed E-state index contributed by atoms with van der Waals surface area (Å²) in [5.74, 6) is 0.273. The zero-order chi connectivity index (χ0) is 20.9. The molecule has 0 aliphatic carbocycles. The summed E-state index contributed by atoms with van der Waals surface area (Å²) in [7, 11) is 0. The van der Waals surface area contributed by atoms with Crippen LogP contribution in [0.1, 0.15) is 16.1 Å². The summed E-state index contributed by atoms with van der Waals surface area (Å²) in [5.41, 5.74) is 2.26. The number of hydrogen-bond donors (Lipinski definition) is 1. The third-order valence-electron chi connectivity index (χ3n) is 4.44. The molecule has 2 heterocycles. The Labute approximate surface area is 177 Å². The molecule has 1 amide bonds. The lowest BCUT2D eigenvalue weighted by Gasteiger charge is -2.26. The van der Waals surface area contributed by atoms with E-state index in [9.17, 15) is 9.59 Å². The zero-order valence-corrected chi connectivity index (χ0v) is 17.1. The molecule has 1 unspecified atom stereocenters. The molecule has 0 spiro atoms. The average molecular weight is 424 g/mol. The van der Waals surface area contributed by atoms with Gasteiger partial charge in [0, 0.05) is 10.9 Å². The van der Waals surface area contributed by atoms with Crippen molar-refractivity contribution >= 4 is 23.2 Å². The van der Waals surface area contributed by atoms with Gasteiger partial charge in [0.25, 0.3) is 5.91 Å². The van der Waals surface area contributed by atoms with Gasteiger partial charge in [-0.15, -0.1) is 11.3 Å². The van der Waals surface area contributed by atoms with Gasteiger partial charge in [-0.3, -0.25) is 4.79 Å². The van der Waals surface area contributed by atoms with Gasteiger partial charge < -0.3 is 19.5 Å². The number of benzene rings is 2. The van der Waals surface area contributed by atoms with E-state index in [0.717, 1.165) is 16.1 Å². The van der Waals surface area contributed by atoms with Crippen molar-refractivity contribution in [1.82, 2.24) is 10.3 Å². The molecular formula is C22H20N2O5S. The van der Waals surface area contributed by atoms with Crippen LogP contribution in [0.5, 0.6) is 11.5 Å². The molecule has 8 heteroatoms. The number of carbonyl (C=O) groups is 2. The third kappa shape index (κ3) is 4.77. The molecule has 3 aromatic rings. The number of para-hydroxylation sites is 2. The molecule has 154 valence electrons. The van der Waals surface area contributed by atoms with E-state index in [2.05, 4.69) is 10.3 Å². The maximum atomic E-state index is 12.2. The first-order valence-electron chi connectivity index (χ1n) is 9.43. The number of aryl methyl sites for hydroxylation is 1. The van der Waals surface area contributed by atoms with Crippen LogP contribution in [0.2, 0.25) is 0 Å². The molecule has 7 nitrogen and oxygen atoms in total. The highest BCUT2D eigenvalue weighted by Crippen LogP contribution is 2.30. The SMILES string of the molecule is Cc1ccc(-c2nc(C(=O)OCC(=O)NCC3COc4ccccc4O3)cs2)cc1. The largest absolute Gasteiger partial charge is 0.486 e. The first-order valence-corrected chi connectivity index (χ1v) is 10.3. The van der Waals surface area contributed by atoms with Gasteiger partial charge in [-0.05, 0) is 19.1 Å². The Morgan fingerprint density at radius 2 is 1.93 bits per heavy atom. The maximum absolute atomic E-state index is 12.2. The van der Waals surface area contributed by atoms with E-state index < -0.39 is 11.9 Å². The minimum absolute atomic E-state index is 0.184. The van der Waals surface area contributed by atoms with Crippen molar-refractivity contribution in [3.05, 3.63) is 65.2 Å². The highest BCUT2D eigenvalue weighted by Gasteiger charge is 2.21. The van der Waals surface area contributed by atoms with Gasteiger partial charge in [0.05, 0.1) is 6.54 Å². The summed E-state index contributed by atoms with van der Waals surface area (Å²) in [6.45, 7) is 2.20. The van der Waals surface area contributed by atoms with Crippen molar-refractivity contribution < 1.29 is 23.8 Å². The summed E-state index contributed by atoms with van der Waals surface area (Å²) in [6, 6.07) is 15.2. The molecular weight excluding hydrogens is 404 g/mol. The number of nitrogens with one attached hydrogen (secondary N) is 1. The molecule has 0 saturated carbocycles. The van der Waals surface area contributed by atoms with Crippen LogP contribution in [0.4, 0.5) is 0 Å². The van der Waals surface area contributed by atoms with E-state index in [0.29, 0.717) is 18.1 Å². The molecule has 30 heavy (non-hydrogen) atoms. The van der Waals surface area contributed by atoms with Gasteiger partial charge in [-0.2, -0.15) is 0 Å². The monoisotopic (exact) mass is 424 g/mol. The molecule has 0 saturated heterocycles. The van der Waals surface area contributed by atoms with Gasteiger partial charge >= 0.3 is 5.97 Å². The van der Waals surface area contributed by atoms with Gasteiger partial charge in [-0.25, -0.2) is 9.78 Å². The topological polar surface area (TPSA) is 86.8 Å². The first-order chi connectivity index (χ1) is 14.6. The van der Waals surface area contributed by atoms with Crippen molar-refractivity contribution in [3.63, 3.8) is 0 Å². The van der Waals surface area contributed by atoms with Gasteiger partial charge in [0.1, 0.15) is 17.7 Å². The van der Waals surface area contributed by atoms with Gasteiger partial charge in [0.15, 0.2) is 23.8 Å². The summed E-state index contributed by atoms with van der Waals surface area (Å²) < 4.78 is 16.4. The molecule has 1 N–H and O–H groups in total. The normalized spacial score (nSPS) is 14.8. The maximum Gasteiger partial charge on any atom is 0.358 e. The molecule has 0 bridgehead atoms. The van der Waals surface area contributed by atoms with Crippen molar-refractivity contribution in [2.24, 2.45) is 0 Å². The summed E-state index contributed by atoms with van der Waals surface area (Å²) in [4.78, 5) is 28.5. The van der Waals surface area contributed by atoms with Crippen LogP contribution in [0.15, 0.2) is 53.9 Å². The molecule has 1 aliphatic rings. The van der Waals surface area contributed by atoms with E-state index in [1.54, 1.807) is 5.38 Å². The molecule has 4 rings (SSSR count). The Bertz CT molecular complexity index is 1050. The van der Waals surface area contributed by atoms with Crippen LogP contribution in [-0.4, -0.2) is 42.7 Å². The van der Waals surface area contributed by atoms with Crippen molar-refractivity contribution in [3.8, 4) is 22.1 Å². The first kappa shape index (κ1) is 19.9.